The van der Waals surface area contributed by atoms with Crippen molar-refractivity contribution in [1.29, 1.82) is 5.41 Å². The van der Waals surface area contributed by atoms with Crippen LogP contribution in [0.1, 0.15) is 28.8 Å². The SMILES string of the molecule is Cc1cncc(-c2csc([C@@]3(C)NC(=N)N(C)C(=O)C3c3ccc4ccoc4c3)c2)c1. The van der Waals surface area contributed by atoms with Crippen molar-refractivity contribution in [3.8, 4) is 11.1 Å². The third-order valence-electron chi connectivity index (χ3n) is 6.00. The van der Waals surface area contributed by atoms with Crippen molar-refractivity contribution >= 4 is 34.2 Å². The molecule has 3 aromatic heterocycles. The average Bonchev–Trinajstić information content (AvgIpc) is 3.42. The van der Waals surface area contributed by atoms with Gasteiger partial charge in [0, 0.05) is 35.3 Å². The lowest BCUT2D eigenvalue weighted by Gasteiger charge is -2.45. The zero-order valence-electron chi connectivity index (χ0n) is 17.5. The molecule has 4 aromatic rings. The Labute approximate surface area is 184 Å². The Morgan fingerprint density at radius 1 is 1.19 bits per heavy atom. The number of guanidine groups is 1. The van der Waals surface area contributed by atoms with E-state index in [2.05, 4.69) is 27.8 Å². The number of carbonyl (C=O) groups is 1. The molecule has 0 spiro atoms. The largest absolute Gasteiger partial charge is 0.464 e. The Morgan fingerprint density at radius 3 is 2.84 bits per heavy atom. The fourth-order valence-electron chi connectivity index (χ4n) is 4.26. The van der Waals surface area contributed by atoms with Gasteiger partial charge in [0.1, 0.15) is 5.58 Å². The highest BCUT2D eigenvalue weighted by Gasteiger charge is 2.49. The van der Waals surface area contributed by atoms with E-state index in [-0.39, 0.29) is 11.9 Å². The summed E-state index contributed by atoms with van der Waals surface area (Å²) in [7, 11) is 1.63. The molecule has 6 nitrogen and oxygen atoms in total. The van der Waals surface area contributed by atoms with E-state index in [0.717, 1.165) is 38.1 Å². The summed E-state index contributed by atoms with van der Waals surface area (Å²) in [6.45, 7) is 4.01. The number of hydrogen-bond acceptors (Lipinski definition) is 5. The maximum atomic E-state index is 13.4. The van der Waals surface area contributed by atoms with E-state index in [9.17, 15) is 4.79 Å². The average molecular weight is 431 g/mol. The van der Waals surface area contributed by atoms with E-state index in [4.69, 9.17) is 9.83 Å². The number of thiophene rings is 1. The lowest BCUT2D eigenvalue weighted by molar-refractivity contribution is -0.131. The Morgan fingerprint density at radius 2 is 2.03 bits per heavy atom. The molecule has 0 saturated carbocycles. The first-order chi connectivity index (χ1) is 14.9. The summed E-state index contributed by atoms with van der Waals surface area (Å²) < 4.78 is 5.59. The summed E-state index contributed by atoms with van der Waals surface area (Å²) in [5.41, 5.74) is 4.01. The first-order valence-corrected chi connectivity index (χ1v) is 10.9. The van der Waals surface area contributed by atoms with Crippen LogP contribution in [0.3, 0.4) is 0 Å². The van der Waals surface area contributed by atoms with E-state index in [0.29, 0.717) is 0 Å². The molecule has 7 heteroatoms. The highest BCUT2D eigenvalue weighted by atomic mass is 32.1. The number of aryl methyl sites for hydroxylation is 1. The molecule has 1 unspecified atom stereocenters. The molecule has 1 aliphatic rings. The summed E-state index contributed by atoms with van der Waals surface area (Å²) in [5.74, 6) is -0.539. The van der Waals surface area contributed by atoms with Gasteiger partial charge in [-0.25, -0.2) is 0 Å². The Balaban J connectivity index is 1.63. The van der Waals surface area contributed by atoms with Gasteiger partial charge in [0.2, 0.25) is 5.91 Å². The van der Waals surface area contributed by atoms with Crippen LogP contribution in [0.25, 0.3) is 22.1 Å². The number of rotatable bonds is 3. The third kappa shape index (κ3) is 3.13. The minimum atomic E-state index is -0.777. The second kappa shape index (κ2) is 7.06. The maximum absolute atomic E-state index is 13.4. The summed E-state index contributed by atoms with van der Waals surface area (Å²) >= 11 is 1.58. The van der Waals surface area contributed by atoms with Crippen LogP contribution in [0.4, 0.5) is 0 Å². The number of pyridine rings is 1. The van der Waals surface area contributed by atoms with Crippen molar-refractivity contribution in [2.45, 2.75) is 25.3 Å². The van der Waals surface area contributed by atoms with Gasteiger partial charge in [-0.1, -0.05) is 12.1 Å². The first-order valence-electron chi connectivity index (χ1n) is 9.99. The van der Waals surface area contributed by atoms with E-state index in [1.165, 1.54) is 4.90 Å². The predicted molar refractivity (Wildman–Crippen MR) is 122 cm³/mol. The number of nitrogens with zero attached hydrogens (tertiary/aromatic N) is 2. The van der Waals surface area contributed by atoms with Gasteiger partial charge in [-0.05, 0) is 60.2 Å². The molecule has 1 saturated heterocycles. The fraction of sp³-hybridized carbons (Fsp3) is 0.208. The smallest absolute Gasteiger partial charge is 0.239 e. The van der Waals surface area contributed by atoms with Crippen molar-refractivity contribution in [3.63, 3.8) is 0 Å². The third-order valence-corrected chi connectivity index (χ3v) is 7.17. The molecule has 2 N–H and O–H groups in total. The molecule has 156 valence electrons. The van der Waals surface area contributed by atoms with Crippen molar-refractivity contribution in [2.75, 3.05) is 7.05 Å². The van der Waals surface area contributed by atoms with Gasteiger partial charge >= 0.3 is 0 Å². The van der Waals surface area contributed by atoms with Gasteiger partial charge < -0.3 is 9.73 Å². The highest BCUT2D eigenvalue weighted by Crippen LogP contribution is 2.44. The van der Waals surface area contributed by atoms with Gasteiger partial charge in [-0.15, -0.1) is 11.3 Å². The zero-order chi connectivity index (χ0) is 21.8. The molecule has 1 fully saturated rings. The standard InChI is InChI=1S/C24H22N4O2S/c1-14-8-17(12-26-11-14)18-10-20(31-13-18)24(2)21(22(29)28(3)23(25)27-24)16-5-4-15-6-7-30-19(15)9-16/h4-13,21H,1-3H3,(H2,25,27)/t21?,24-/m1/s1. The molecule has 5 rings (SSSR count). The van der Waals surface area contributed by atoms with Crippen LogP contribution in [0.15, 0.2) is 64.9 Å². The number of fused-ring (bicyclic) bond motifs is 1. The van der Waals surface area contributed by atoms with Crippen molar-refractivity contribution < 1.29 is 9.21 Å². The number of carbonyl (C=O) groups excluding carboxylic acids is 1. The summed E-state index contributed by atoms with van der Waals surface area (Å²) in [4.78, 5) is 20.1. The number of aromatic nitrogens is 1. The summed E-state index contributed by atoms with van der Waals surface area (Å²) in [6.07, 6.45) is 5.33. The second-order valence-electron chi connectivity index (χ2n) is 8.17. The number of furan rings is 1. The molecule has 0 aliphatic carbocycles. The molecule has 1 aliphatic heterocycles. The molecule has 4 heterocycles. The number of nitrogens with one attached hydrogen (secondary N) is 2. The Kier molecular flexibility index (Phi) is 4.44. The van der Waals surface area contributed by atoms with Gasteiger partial charge in [0.15, 0.2) is 5.96 Å². The number of hydrogen-bond donors (Lipinski definition) is 2. The number of benzene rings is 1. The topological polar surface area (TPSA) is 82.2 Å². The lowest BCUT2D eigenvalue weighted by Crippen LogP contribution is -2.62. The van der Waals surface area contributed by atoms with Crippen molar-refractivity contribution in [1.82, 2.24) is 15.2 Å². The maximum Gasteiger partial charge on any atom is 0.239 e. The molecule has 1 aromatic carbocycles. The minimum absolute atomic E-state index is 0.0926. The molecule has 1 amide bonds. The van der Waals surface area contributed by atoms with E-state index in [1.54, 1.807) is 24.6 Å². The molecule has 0 radical (unpaired) electrons. The van der Waals surface area contributed by atoms with Gasteiger partial charge in [-0.3, -0.25) is 20.1 Å². The van der Waals surface area contributed by atoms with Crippen LogP contribution in [0.2, 0.25) is 0 Å². The first kappa shape index (κ1) is 19.5. The molecular formula is C24H22N4O2S. The zero-order valence-corrected chi connectivity index (χ0v) is 18.3. The van der Waals surface area contributed by atoms with E-state index in [1.807, 2.05) is 50.5 Å². The van der Waals surface area contributed by atoms with Crippen LogP contribution in [-0.4, -0.2) is 28.8 Å². The van der Waals surface area contributed by atoms with E-state index >= 15 is 0 Å². The minimum Gasteiger partial charge on any atom is -0.464 e. The molecule has 0 bridgehead atoms. The van der Waals surface area contributed by atoms with Crippen molar-refractivity contribution in [2.24, 2.45) is 0 Å². The van der Waals surface area contributed by atoms with E-state index < -0.39 is 11.5 Å². The van der Waals surface area contributed by atoms with Crippen LogP contribution >= 0.6 is 11.3 Å². The Bertz CT molecular complexity index is 1320. The number of likely N-dealkylation sites (N-methyl/N-ethyl adjacent to an activating group) is 1. The molecule has 2 atom stereocenters. The van der Waals surface area contributed by atoms with Gasteiger partial charge in [-0.2, -0.15) is 0 Å². The lowest BCUT2D eigenvalue weighted by atomic mass is 9.76. The van der Waals surface area contributed by atoms with Crippen LogP contribution < -0.4 is 5.32 Å². The van der Waals surface area contributed by atoms with Gasteiger partial charge in [0.25, 0.3) is 0 Å². The Hall–Kier alpha value is -3.45. The van der Waals surface area contributed by atoms with Crippen LogP contribution in [0, 0.1) is 12.3 Å². The molecular weight excluding hydrogens is 408 g/mol. The predicted octanol–water partition coefficient (Wildman–Crippen LogP) is 4.86. The van der Waals surface area contributed by atoms with Gasteiger partial charge in [0.05, 0.1) is 17.7 Å². The van der Waals surface area contributed by atoms with Crippen molar-refractivity contribution in [3.05, 3.63) is 76.4 Å². The quantitative estimate of drug-likeness (QED) is 0.486. The molecule has 31 heavy (non-hydrogen) atoms. The normalized spacial score (nSPS) is 21.5. The highest BCUT2D eigenvalue weighted by molar-refractivity contribution is 7.10. The number of amides is 1. The monoisotopic (exact) mass is 430 g/mol. The second-order valence-corrected chi connectivity index (χ2v) is 9.09. The fourth-order valence-corrected chi connectivity index (χ4v) is 5.32. The van der Waals surface area contributed by atoms with Crippen LogP contribution in [-0.2, 0) is 10.3 Å². The summed E-state index contributed by atoms with van der Waals surface area (Å²) in [5, 5.41) is 14.7. The summed E-state index contributed by atoms with van der Waals surface area (Å²) in [6, 6.07) is 12.0. The van der Waals surface area contributed by atoms with Crippen LogP contribution in [0.5, 0.6) is 0 Å².